The van der Waals surface area contributed by atoms with E-state index in [2.05, 4.69) is 55.4 Å². The van der Waals surface area contributed by atoms with E-state index in [9.17, 15) is 4.79 Å². The molecule has 0 heterocycles. The van der Waals surface area contributed by atoms with Gasteiger partial charge >= 0.3 is 5.97 Å². The molecule has 0 aromatic carbocycles. The van der Waals surface area contributed by atoms with Crippen LogP contribution in [-0.4, -0.2) is 12.1 Å². The molecule has 1 atom stereocenters. The second kappa shape index (κ2) is 6.30. The average molecular weight is 296 g/mol. The third kappa shape index (κ3) is 4.23. The average Bonchev–Trinajstić information content (AvgIpc) is 2.35. The van der Waals surface area contributed by atoms with Gasteiger partial charge in [-0.1, -0.05) is 48.5 Å². The minimum atomic E-state index is -0.395. The first-order valence-electron chi connectivity index (χ1n) is 8.63. The summed E-state index contributed by atoms with van der Waals surface area (Å²) in [6, 6.07) is 0. The summed E-state index contributed by atoms with van der Waals surface area (Å²) >= 11 is 0. The number of carbonyl (C=O) groups excluding carboxylic acids is 1. The Hall–Kier alpha value is -0.530. The topological polar surface area (TPSA) is 26.3 Å². The molecule has 0 bridgehead atoms. The van der Waals surface area contributed by atoms with E-state index in [1.54, 1.807) is 0 Å². The molecule has 0 aromatic heterocycles. The van der Waals surface area contributed by atoms with E-state index >= 15 is 0 Å². The summed E-state index contributed by atoms with van der Waals surface area (Å²) in [4.78, 5) is 12.7. The lowest BCUT2D eigenvalue weighted by Gasteiger charge is -2.41. The smallest absolute Gasteiger partial charge is 0.312 e. The molecule has 1 rings (SSSR count). The summed E-state index contributed by atoms with van der Waals surface area (Å²) < 4.78 is 5.90. The molecule has 124 valence electrons. The van der Waals surface area contributed by atoms with E-state index in [1.807, 2.05) is 0 Å². The van der Waals surface area contributed by atoms with Gasteiger partial charge in [-0.3, -0.25) is 4.79 Å². The van der Waals surface area contributed by atoms with Crippen molar-refractivity contribution in [3.05, 3.63) is 0 Å². The minimum absolute atomic E-state index is 0.00305. The van der Waals surface area contributed by atoms with Crippen LogP contribution in [0, 0.1) is 22.2 Å². The molecule has 1 saturated carbocycles. The fraction of sp³-hybridized carbons (Fsp3) is 0.947. The Kier molecular flexibility index (Phi) is 5.56. The van der Waals surface area contributed by atoms with E-state index in [0.29, 0.717) is 5.41 Å². The van der Waals surface area contributed by atoms with Gasteiger partial charge < -0.3 is 4.74 Å². The summed E-state index contributed by atoms with van der Waals surface area (Å²) in [5.74, 6) is 0.754. The van der Waals surface area contributed by atoms with Crippen molar-refractivity contribution in [1.29, 1.82) is 0 Å². The van der Waals surface area contributed by atoms with Crippen LogP contribution in [0.3, 0.4) is 0 Å². The second-order valence-electron chi connectivity index (χ2n) is 9.18. The van der Waals surface area contributed by atoms with Crippen LogP contribution >= 0.6 is 0 Å². The highest BCUT2D eigenvalue weighted by atomic mass is 16.5. The molecule has 0 radical (unpaired) electrons. The highest BCUT2D eigenvalue weighted by Crippen LogP contribution is 2.44. The molecule has 1 unspecified atom stereocenters. The van der Waals surface area contributed by atoms with Gasteiger partial charge in [0.15, 0.2) is 0 Å². The standard InChI is InChI=1S/C19H36O2/c1-9-19(8,18(5,6)7)16(20)21-15-12-10-14(11-13-15)17(2,3)4/h14-15H,9-13H2,1-8H3. The predicted molar refractivity (Wildman–Crippen MR) is 89.1 cm³/mol. The lowest BCUT2D eigenvalue weighted by molar-refractivity contribution is -0.170. The van der Waals surface area contributed by atoms with Crippen molar-refractivity contribution in [2.24, 2.45) is 22.2 Å². The molecule has 21 heavy (non-hydrogen) atoms. The van der Waals surface area contributed by atoms with E-state index in [4.69, 9.17) is 4.74 Å². The molecule has 0 saturated heterocycles. The first-order chi connectivity index (χ1) is 9.41. The molecular weight excluding hydrogens is 260 g/mol. The molecule has 0 aromatic rings. The lowest BCUT2D eigenvalue weighted by Crippen LogP contribution is -2.43. The lowest BCUT2D eigenvalue weighted by atomic mass is 9.66. The monoisotopic (exact) mass is 296 g/mol. The van der Waals surface area contributed by atoms with Gasteiger partial charge in [-0.15, -0.1) is 0 Å². The Bertz CT molecular complexity index is 351. The van der Waals surface area contributed by atoms with Crippen LogP contribution in [0.1, 0.15) is 87.5 Å². The molecular formula is C19H36O2. The molecule has 0 spiro atoms. The van der Waals surface area contributed by atoms with Crippen molar-refractivity contribution >= 4 is 5.97 Å². The molecule has 2 nitrogen and oxygen atoms in total. The van der Waals surface area contributed by atoms with Gasteiger partial charge in [-0.25, -0.2) is 0 Å². The minimum Gasteiger partial charge on any atom is -0.462 e. The summed E-state index contributed by atoms with van der Waals surface area (Å²) in [6.07, 6.45) is 5.37. The summed E-state index contributed by atoms with van der Waals surface area (Å²) in [5, 5.41) is 0. The molecule has 0 amide bonds. The highest BCUT2D eigenvalue weighted by Gasteiger charge is 2.45. The maximum Gasteiger partial charge on any atom is 0.312 e. The second-order valence-corrected chi connectivity index (χ2v) is 9.18. The number of hydrogen-bond donors (Lipinski definition) is 0. The summed E-state index contributed by atoms with van der Waals surface area (Å²) in [5.41, 5.74) is -0.0896. The van der Waals surface area contributed by atoms with Crippen LogP contribution in [0.5, 0.6) is 0 Å². The number of carbonyl (C=O) groups is 1. The van der Waals surface area contributed by atoms with Crippen LogP contribution in [0.25, 0.3) is 0 Å². The van der Waals surface area contributed by atoms with Crippen molar-refractivity contribution in [2.75, 3.05) is 0 Å². The Morgan fingerprint density at radius 2 is 1.43 bits per heavy atom. The van der Waals surface area contributed by atoms with Crippen LogP contribution in [0.2, 0.25) is 0 Å². The molecule has 2 heteroatoms. The van der Waals surface area contributed by atoms with Crippen LogP contribution in [-0.2, 0) is 9.53 Å². The summed E-state index contributed by atoms with van der Waals surface area (Å²) in [6.45, 7) is 17.5. The first kappa shape index (κ1) is 18.5. The number of hydrogen-bond acceptors (Lipinski definition) is 2. The SMILES string of the molecule is CCC(C)(C(=O)OC1CCC(C(C)(C)C)CC1)C(C)(C)C. The van der Waals surface area contributed by atoms with E-state index in [1.165, 1.54) is 12.8 Å². The molecule has 0 N–H and O–H groups in total. The first-order valence-corrected chi connectivity index (χ1v) is 8.63. The Morgan fingerprint density at radius 1 is 0.952 bits per heavy atom. The van der Waals surface area contributed by atoms with Gasteiger partial charge in [0, 0.05) is 0 Å². The normalized spacial score (nSPS) is 27.0. The largest absolute Gasteiger partial charge is 0.462 e. The van der Waals surface area contributed by atoms with Gasteiger partial charge in [0.25, 0.3) is 0 Å². The fourth-order valence-electron chi connectivity index (χ4n) is 3.31. The van der Waals surface area contributed by atoms with Crippen molar-refractivity contribution in [3.8, 4) is 0 Å². The molecule has 1 fully saturated rings. The molecule has 1 aliphatic carbocycles. The highest BCUT2D eigenvalue weighted by molar-refractivity contribution is 5.77. The van der Waals surface area contributed by atoms with Crippen molar-refractivity contribution in [3.63, 3.8) is 0 Å². The Labute approximate surface area is 132 Å². The number of esters is 1. The van der Waals surface area contributed by atoms with E-state index < -0.39 is 5.41 Å². The maximum atomic E-state index is 12.7. The third-order valence-corrected chi connectivity index (χ3v) is 5.99. The quantitative estimate of drug-likeness (QED) is 0.634. The molecule has 0 aliphatic heterocycles. The number of rotatable bonds is 3. The van der Waals surface area contributed by atoms with Gasteiger partial charge in [-0.05, 0) is 55.8 Å². The zero-order valence-electron chi connectivity index (χ0n) is 15.5. The van der Waals surface area contributed by atoms with Crippen molar-refractivity contribution in [1.82, 2.24) is 0 Å². The number of ether oxygens (including phenoxy) is 1. The fourth-order valence-corrected chi connectivity index (χ4v) is 3.31. The maximum absolute atomic E-state index is 12.7. The zero-order chi connectivity index (χ0) is 16.5. The van der Waals surface area contributed by atoms with Gasteiger partial charge in [-0.2, -0.15) is 0 Å². The van der Waals surface area contributed by atoms with Gasteiger partial charge in [0.05, 0.1) is 5.41 Å². The van der Waals surface area contributed by atoms with Gasteiger partial charge in [0.1, 0.15) is 6.10 Å². The molecule has 1 aliphatic rings. The van der Waals surface area contributed by atoms with Gasteiger partial charge in [0.2, 0.25) is 0 Å². The zero-order valence-corrected chi connectivity index (χ0v) is 15.5. The Morgan fingerprint density at radius 3 is 1.76 bits per heavy atom. The van der Waals surface area contributed by atoms with Crippen molar-refractivity contribution < 1.29 is 9.53 Å². The van der Waals surface area contributed by atoms with Crippen LogP contribution < -0.4 is 0 Å². The van der Waals surface area contributed by atoms with Crippen LogP contribution in [0.4, 0.5) is 0 Å². The predicted octanol–water partition coefficient (Wildman–Crippen LogP) is 5.60. The third-order valence-electron chi connectivity index (χ3n) is 5.99. The Balaban J connectivity index is 2.62. The summed E-state index contributed by atoms with van der Waals surface area (Å²) in [7, 11) is 0. The van der Waals surface area contributed by atoms with Crippen LogP contribution in [0.15, 0.2) is 0 Å². The van der Waals surface area contributed by atoms with Crippen molar-refractivity contribution in [2.45, 2.75) is 93.6 Å². The van der Waals surface area contributed by atoms with E-state index in [0.717, 1.165) is 25.2 Å². The van der Waals surface area contributed by atoms with E-state index in [-0.39, 0.29) is 17.5 Å².